The maximum Gasteiger partial charge on any atom is 0.253 e. The third-order valence-electron chi connectivity index (χ3n) is 5.21. The average molecular weight is 422 g/mol. The van der Waals surface area contributed by atoms with Crippen LogP contribution in [0.3, 0.4) is 0 Å². The summed E-state index contributed by atoms with van der Waals surface area (Å²) in [6, 6.07) is 19.0. The van der Waals surface area contributed by atoms with E-state index in [4.69, 9.17) is 16.3 Å². The molecule has 1 aromatic heterocycles. The van der Waals surface area contributed by atoms with E-state index in [0.29, 0.717) is 17.2 Å². The van der Waals surface area contributed by atoms with Crippen LogP contribution in [0.1, 0.15) is 21.5 Å². The minimum absolute atomic E-state index is 0.0844. The van der Waals surface area contributed by atoms with Crippen LogP contribution in [0.15, 0.2) is 73.1 Å². The molecule has 0 unspecified atom stereocenters. The molecule has 6 heteroatoms. The minimum atomic E-state index is 0.0844. The van der Waals surface area contributed by atoms with E-state index < -0.39 is 0 Å². The van der Waals surface area contributed by atoms with E-state index in [0.717, 1.165) is 44.0 Å². The number of carbonyl (C=O) groups is 1. The van der Waals surface area contributed by atoms with Gasteiger partial charge < -0.3 is 9.64 Å². The summed E-state index contributed by atoms with van der Waals surface area (Å²) in [5.41, 5.74) is 2.93. The summed E-state index contributed by atoms with van der Waals surface area (Å²) in [5, 5.41) is 0.683. The molecule has 0 bridgehead atoms. The molecule has 0 atom stereocenters. The Hall–Kier alpha value is -2.89. The lowest BCUT2D eigenvalue weighted by Crippen LogP contribution is -2.48. The molecule has 0 spiro atoms. The zero-order valence-corrected chi connectivity index (χ0v) is 17.5. The number of amides is 1. The summed E-state index contributed by atoms with van der Waals surface area (Å²) in [4.78, 5) is 21.3. The van der Waals surface area contributed by atoms with Crippen molar-refractivity contribution in [3.05, 3.63) is 94.8 Å². The minimum Gasteiger partial charge on any atom is -0.489 e. The lowest BCUT2D eigenvalue weighted by atomic mass is 10.1. The number of benzene rings is 2. The molecule has 0 N–H and O–H groups in total. The van der Waals surface area contributed by atoms with Gasteiger partial charge in [-0.1, -0.05) is 29.8 Å². The fraction of sp³-hybridized carbons (Fsp3) is 0.250. The predicted molar refractivity (Wildman–Crippen MR) is 118 cm³/mol. The summed E-state index contributed by atoms with van der Waals surface area (Å²) in [6.07, 6.45) is 3.69. The highest BCUT2D eigenvalue weighted by atomic mass is 35.5. The number of pyridine rings is 1. The number of carbonyl (C=O) groups excluding carboxylic acids is 1. The van der Waals surface area contributed by atoms with E-state index in [1.54, 1.807) is 18.3 Å². The summed E-state index contributed by atoms with van der Waals surface area (Å²) < 4.78 is 5.76. The van der Waals surface area contributed by atoms with Gasteiger partial charge in [-0.2, -0.15) is 0 Å². The fourth-order valence-electron chi connectivity index (χ4n) is 3.48. The highest BCUT2D eigenvalue weighted by Crippen LogP contribution is 2.18. The van der Waals surface area contributed by atoms with Crippen molar-refractivity contribution < 1.29 is 9.53 Å². The molecule has 2 aromatic carbocycles. The first kappa shape index (κ1) is 20.4. The molecule has 0 aliphatic carbocycles. The van der Waals surface area contributed by atoms with Crippen molar-refractivity contribution in [1.82, 2.24) is 14.8 Å². The Morgan fingerprint density at radius 3 is 2.33 bits per heavy atom. The van der Waals surface area contributed by atoms with Crippen molar-refractivity contribution in [3.63, 3.8) is 0 Å². The number of rotatable bonds is 6. The van der Waals surface area contributed by atoms with Gasteiger partial charge in [0.1, 0.15) is 12.4 Å². The molecule has 1 aliphatic heterocycles. The number of nitrogens with zero attached hydrogens (tertiary/aromatic N) is 3. The monoisotopic (exact) mass is 421 g/mol. The number of hydrogen-bond donors (Lipinski definition) is 0. The van der Waals surface area contributed by atoms with Crippen LogP contribution in [0, 0.1) is 0 Å². The van der Waals surface area contributed by atoms with E-state index in [1.165, 1.54) is 5.56 Å². The van der Waals surface area contributed by atoms with Gasteiger partial charge in [0.25, 0.3) is 5.91 Å². The van der Waals surface area contributed by atoms with Gasteiger partial charge in [-0.15, -0.1) is 0 Å². The van der Waals surface area contributed by atoms with Crippen molar-refractivity contribution >= 4 is 17.5 Å². The van der Waals surface area contributed by atoms with Crippen molar-refractivity contribution in [1.29, 1.82) is 0 Å². The van der Waals surface area contributed by atoms with Gasteiger partial charge in [0.15, 0.2) is 0 Å². The number of aromatic nitrogens is 1. The molecular weight excluding hydrogens is 398 g/mol. The third-order valence-corrected chi connectivity index (χ3v) is 5.46. The van der Waals surface area contributed by atoms with Crippen LogP contribution >= 0.6 is 11.6 Å². The number of hydrogen-bond acceptors (Lipinski definition) is 4. The van der Waals surface area contributed by atoms with E-state index >= 15 is 0 Å². The van der Waals surface area contributed by atoms with Gasteiger partial charge in [-0.3, -0.25) is 14.7 Å². The Balaban J connectivity index is 1.27. The second kappa shape index (κ2) is 9.74. The first-order valence-electron chi connectivity index (χ1n) is 10.1. The first-order valence-corrected chi connectivity index (χ1v) is 10.4. The first-order chi connectivity index (χ1) is 14.7. The van der Waals surface area contributed by atoms with Gasteiger partial charge >= 0.3 is 0 Å². The van der Waals surface area contributed by atoms with Crippen molar-refractivity contribution in [2.75, 3.05) is 26.2 Å². The van der Waals surface area contributed by atoms with Gasteiger partial charge in [-0.05, 0) is 53.6 Å². The second-order valence-electron chi connectivity index (χ2n) is 7.37. The molecule has 2 heterocycles. The maximum absolute atomic E-state index is 12.8. The van der Waals surface area contributed by atoms with E-state index in [9.17, 15) is 4.79 Å². The standard InChI is InChI=1S/C24H24ClN3O2/c25-22-7-9-23(10-8-22)30-18-19-3-5-21(6-4-19)24(29)28-14-12-27(13-15-28)17-20-2-1-11-26-16-20/h1-11,16H,12-15,17-18H2. The quantitative estimate of drug-likeness (QED) is 0.596. The summed E-state index contributed by atoms with van der Waals surface area (Å²) >= 11 is 5.89. The van der Waals surface area contributed by atoms with Crippen LogP contribution in [-0.4, -0.2) is 46.9 Å². The van der Waals surface area contributed by atoms with Crippen molar-refractivity contribution in [2.45, 2.75) is 13.2 Å². The molecule has 1 aliphatic rings. The molecule has 4 rings (SSSR count). The molecule has 0 saturated carbocycles. The smallest absolute Gasteiger partial charge is 0.253 e. The Kier molecular flexibility index (Phi) is 6.62. The van der Waals surface area contributed by atoms with Crippen LogP contribution in [0.5, 0.6) is 5.75 Å². The van der Waals surface area contributed by atoms with E-state index in [-0.39, 0.29) is 5.91 Å². The van der Waals surface area contributed by atoms with Gasteiger partial charge in [-0.25, -0.2) is 0 Å². The van der Waals surface area contributed by atoms with Gasteiger partial charge in [0, 0.05) is 55.7 Å². The highest BCUT2D eigenvalue weighted by Gasteiger charge is 2.22. The molecule has 30 heavy (non-hydrogen) atoms. The molecule has 1 saturated heterocycles. The Labute approximate surface area is 181 Å². The van der Waals surface area contributed by atoms with Crippen LogP contribution in [-0.2, 0) is 13.2 Å². The second-order valence-corrected chi connectivity index (χ2v) is 7.81. The van der Waals surface area contributed by atoms with E-state index in [2.05, 4.69) is 16.0 Å². The van der Waals surface area contributed by atoms with Crippen molar-refractivity contribution in [3.8, 4) is 5.75 Å². The lowest BCUT2D eigenvalue weighted by Gasteiger charge is -2.34. The Morgan fingerprint density at radius 2 is 1.67 bits per heavy atom. The van der Waals surface area contributed by atoms with Crippen LogP contribution in [0.4, 0.5) is 0 Å². The SMILES string of the molecule is O=C(c1ccc(COc2ccc(Cl)cc2)cc1)N1CCN(Cc2cccnc2)CC1. The Bertz CT molecular complexity index is 954. The summed E-state index contributed by atoms with van der Waals surface area (Å²) in [5.74, 6) is 0.852. The number of ether oxygens (including phenoxy) is 1. The van der Waals surface area contributed by atoms with Crippen LogP contribution in [0.25, 0.3) is 0 Å². The maximum atomic E-state index is 12.8. The molecule has 1 amide bonds. The zero-order chi connectivity index (χ0) is 20.8. The Morgan fingerprint density at radius 1 is 0.933 bits per heavy atom. The van der Waals surface area contributed by atoms with Gasteiger partial charge in [0.05, 0.1) is 0 Å². The lowest BCUT2D eigenvalue weighted by molar-refractivity contribution is 0.0628. The molecule has 1 fully saturated rings. The molecular formula is C24H24ClN3O2. The van der Waals surface area contributed by atoms with Crippen LogP contribution < -0.4 is 4.74 Å². The highest BCUT2D eigenvalue weighted by molar-refractivity contribution is 6.30. The summed E-state index contributed by atoms with van der Waals surface area (Å²) in [6.45, 7) is 4.53. The fourth-order valence-corrected chi connectivity index (χ4v) is 3.61. The third kappa shape index (κ3) is 5.38. The molecule has 154 valence electrons. The predicted octanol–water partition coefficient (Wildman–Crippen LogP) is 4.27. The topological polar surface area (TPSA) is 45.7 Å². The normalized spacial score (nSPS) is 14.5. The van der Waals surface area contributed by atoms with Crippen molar-refractivity contribution in [2.24, 2.45) is 0 Å². The molecule has 5 nitrogen and oxygen atoms in total. The zero-order valence-electron chi connectivity index (χ0n) is 16.7. The average Bonchev–Trinajstić information content (AvgIpc) is 2.80. The largest absolute Gasteiger partial charge is 0.489 e. The number of halogens is 1. The van der Waals surface area contributed by atoms with Crippen LogP contribution in [0.2, 0.25) is 5.02 Å². The summed E-state index contributed by atoms with van der Waals surface area (Å²) in [7, 11) is 0. The number of piperazine rings is 1. The van der Waals surface area contributed by atoms with Gasteiger partial charge in [0.2, 0.25) is 0 Å². The molecule has 3 aromatic rings. The molecule has 0 radical (unpaired) electrons. The van der Waals surface area contributed by atoms with E-state index in [1.807, 2.05) is 53.6 Å².